The van der Waals surface area contributed by atoms with Crippen molar-refractivity contribution in [3.05, 3.63) is 22.4 Å². The van der Waals surface area contributed by atoms with Crippen molar-refractivity contribution < 1.29 is 18.4 Å². The zero-order chi connectivity index (χ0) is 10.8. The van der Waals surface area contributed by atoms with E-state index >= 15 is 0 Å². The Labute approximate surface area is 91.1 Å². The van der Waals surface area contributed by atoms with Crippen molar-refractivity contribution in [1.29, 1.82) is 0 Å². The van der Waals surface area contributed by atoms with Gasteiger partial charge in [-0.3, -0.25) is 9.59 Å². The van der Waals surface area contributed by atoms with Crippen molar-refractivity contribution in [3.63, 3.8) is 0 Å². The molecule has 0 fully saturated rings. The summed E-state index contributed by atoms with van der Waals surface area (Å²) in [6.45, 7) is 0. The Hall–Kier alpha value is -0.620. The third-order valence-corrected chi connectivity index (χ3v) is 2.79. The van der Waals surface area contributed by atoms with Crippen molar-refractivity contribution in [3.8, 4) is 0 Å². The average molecular weight is 283 g/mol. The summed E-state index contributed by atoms with van der Waals surface area (Å²) >= 11 is 3.03. The van der Waals surface area contributed by atoms with Crippen LogP contribution in [0.2, 0.25) is 0 Å². The smallest absolute Gasteiger partial charge is 0.293 e. The molecule has 1 heterocycles. The Balaban J connectivity index is 2.63. The predicted molar refractivity (Wildman–Crippen MR) is 52.1 cm³/mol. The summed E-state index contributed by atoms with van der Waals surface area (Å²) in [4.78, 5) is 18.7. The second-order valence-electron chi connectivity index (χ2n) is 2.50. The van der Waals surface area contributed by atoms with Gasteiger partial charge in [0.2, 0.25) is 5.78 Å². The lowest BCUT2D eigenvalue weighted by molar-refractivity contribution is -0.130. The molecule has 0 spiro atoms. The van der Waals surface area contributed by atoms with E-state index in [0.717, 1.165) is 11.3 Å². The van der Waals surface area contributed by atoms with Crippen LogP contribution in [0.1, 0.15) is 16.1 Å². The van der Waals surface area contributed by atoms with Crippen molar-refractivity contribution in [2.45, 2.75) is 11.3 Å². The molecule has 0 bridgehead atoms. The molecule has 0 amide bonds. The van der Waals surface area contributed by atoms with Gasteiger partial charge in [-0.1, -0.05) is 6.07 Å². The Morgan fingerprint density at radius 3 is 2.57 bits per heavy atom. The molecule has 0 aliphatic heterocycles. The van der Waals surface area contributed by atoms with Crippen LogP contribution in [0.15, 0.2) is 17.5 Å². The standard InChI is InChI=1S/C8H5BrF2O2S/c9-8(10,11)7(13)4-5(12)6-2-1-3-14-6/h1-3H,4H2. The Morgan fingerprint density at radius 1 is 1.50 bits per heavy atom. The molecule has 0 aliphatic rings. The SMILES string of the molecule is O=C(CC(=O)C(F)(F)Br)c1cccs1. The molecule has 1 aromatic rings. The summed E-state index contributed by atoms with van der Waals surface area (Å²) in [6.07, 6.45) is -0.779. The molecule has 0 saturated heterocycles. The van der Waals surface area contributed by atoms with E-state index in [1.165, 1.54) is 6.07 Å². The van der Waals surface area contributed by atoms with Gasteiger partial charge in [0, 0.05) is 0 Å². The summed E-state index contributed by atoms with van der Waals surface area (Å²) in [5, 5.41) is 1.64. The fourth-order valence-corrected chi connectivity index (χ4v) is 1.58. The van der Waals surface area contributed by atoms with Crippen LogP contribution in [-0.2, 0) is 4.79 Å². The topological polar surface area (TPSA) is 34.1 Å². The number of carbonyl (C=O) groups is 2. The van der Waals surface area contributed by atoms with Crippen LogP contribution in [0.5, 0.6) is 0 Å². The van der Waals surface area contributed by atoms with Crippen LogP contribution in [0.3, 0.4) is 0 Å². The van der Waals surface area contributed by atoms with E-state index in [4.69, 9.17) is 0 Å². The number of halogens is 3. The van der Waals surface area contributed by atoms with Crippen molar-refractivity contribution in [2.75, 3.05) is 0 Å². The fourth-order valence-electron chi connectivity index (χ4n) is 0.770. The molecule has 0 aromatic carbocycles. The highest BCUT2D eigenvalue weighted by atomic mass is 79.9. The highest BCUT2D eigenvalue weighted by Crippen LogP contribution is 2.25. The third-order valence-electron chi connectivity index (χ3n) is 1.43. The molecule has 76 valence electrons. The van der Waals surface area contributed by atoms with E-state index in [1.54, 1.807) is 11.4 Å². The number of ketones is 2. The van der Waals surface area contributed by atoms with Crippen LogP contribution >= 0.6 is 27.3 Å². The molecule has 14 heavy (non-hydrogen) atoms. The van der Waals surface area contributed by atoms with Gasteiger partial charge < -0.3 is 0 Å². The predicted octanol–water partition coefficient (Wildman–Crippen LogP) is 2.88. The van der Waals surface area contributed by atoms with Gasteiger partial charge in [-0.2, -0.15) is 8.78 Å². The molecular weight excluding hydrogens is 278 g/mol. The Bertz CT molecular complexity index is 343. The monoisotopic (exact) mass is 282 g/mol. The second-order valence-corrected chi connectivity index (χ2v) is 4.44. The zero-order valence-electron chi connectivity index (χ0n) is 6.80. The lowest BCUT2D eigenvalue weighted by Gasteiger charge is -2.04. The number of Topliss-reactive ketones (excluding diaryl/α,β-unsaturated/α-hetero) is 2. The first-order valence-corrected chi connectivity index (χ1v) is 5.25. The van der Waals surface area contributed by atoms with Gasteiger partial charge in [-0.25, -0.2) is 0 Å². The van der Waals surface area contributed by atoms with Gasteiger partial charge in [-0.15, -0.1) is 11.3 Å². The molecule has 0 atom stereocenters. The molecule has 1 rings (SSSR count). The van der Waals surface area contributed by atoms with Crippen LogP contribution in [-0.4, -0.2) is 16.4 Å². The highest BCUT2D eigenvalue weighted by Gasteiger charge is 2.35. The van der Waals surface area contributed by atoms with Crippen LogP contribution < -0.4 is 0 Å². The van der Waals surface area contributed by atoms with E-state index in [9.17, 15) is 18.4 Å². The van der Waals surface area contributed by atoms with Gasteiger partial charge >= 0.3 is 4.83 Å². The molecule has 1 aromatic heterocycles. The number of carbonyl (C=O) groups excluding carboxylic acids is 2. The summed E-state index contributed by atoms with van der Waals surface area (Å²) in [6, 6.07) is 3.11. The summed E-state index contributed by atoms with van der Waals surface area (Å²) in [5.41, 5.74) is 0. The summed E-state index contributed by atoms with van der Waals surface area (Å²) in [7, 11) is 0. The molecule has 0 saturated carbocycles. The minimum atomic E-state index is -3.61. The Kier molecular flexibility index (Phi) is 3.49. The maximum Gasteiger partial charge on any atom is 0.359 e. The molecule has 0 N–H and O–H groups in total. The first-order valence-electron chi connectivity index (χ1n) is 3.58. The highest BCUT2D eigenvalue weighted by molar-refractivity contribution is 9.10. The normalized spacial score (nSPS) is 11.4. The van der Waals surface area contributed by atoms with Crippen LogP contribution in [0.4, 0.5) is 8.78 Å². The maximum atomic E-state index is 12.3. The molecule has 6 heteroatoms. The summed E-state index contributed by atoms with van der Waals surface area (Å²) < 4.78 is 24.7. The first-order chi connectivity index (χ1) is 6.41. The largest absolute Gasteiger partial charge is 0.359 e. The number of hydrogen-bond acceptors (Lipinski definition) is 3. The number of hydrogen-bond donors (Lipinski definition) is 0. The number of thiophene rings is 1. The average Bonchev–Trinajstić information content (AvgIpc) is 2.53. The fraction of sp³-hybridized carbons (Fsp3) is 0.250. The lowest BCUT2D eigenvalue weighted by Crippen LogP contribution is -2.23. The maximum absolute atomic E-state index is 12.3. The van der Waals surface area contributed by atoms with Crippen molar-refractivity contribution >= 4 is 38.8 Å². The minimum absolute atomic E-state index is 0.315. The first kappa shape index (κ1) is 11.5. The van der Waals surface area contributed by atoms with E-state index < -0.39 is 22.8 Å². The van der Waals surface area contributed by atoms with Crippen LogP contribution in [0, 0.1) is 0 Å². The summed E-state index contributed by atoms with van der Waals surface area (Å²) in [5.74, 6) is -2.00. The van der Waals surface area contributed by atoms with E-state index in [0.29, 0.717) is 4.88 Å². The van der Waals surface area contributed by atoms with Crippen LogP contribution in [0.25, 0.3) is 0 Å². The molecule has 0 radical (unpaired) electrons. The van der Waals surface area contributed by atoms with Gasteiger partial charge in [0.05, 0.1) is 11.3 Å². The molecule has 0 unspecified atom stereocenters. The molecule has 2 nitrogen and oxygen atoms in total. The van der Waals surface area contributed by atoms with Gasteiger partial charge in [0.1, 0.15) is 0 Å². The molecular formula is C8H5BrF2O2S. The third kappa shape index (κ3) is 2.95. The molecule has 0 aliphatic carbocycles. The minimum Gasteiger partial charge on any atom is -0.293 e. The van der Waals surface area contributed by atoms with Gasteiger partial charge in [0.15, 0.2) is 5.78 Å². The van der Waals surface area contributed by atoms with Crippen molar-refractivity contribution in [1.82, 2.24) is 0 Å². The number of rotatable bonds is 4. The lowest BCUT2D eigenvalue weighted by atomic mass is 10.2. The van der Waals surface area contributed by atoms with E-state index in [-0.39, 0.29) is 0 Å². The van der Waals surface area contributed by atoms with Crippen molar-refractivity contribution in [2.24, 2.45) is 0 Å². The van der Waals surface area contributed by atoms with Gasteiger partial charge in [-0.05, 0) is 27.4 Å². The zero-order valence-corrected chi connectivity index (χ0v) is 9.20. The quantitative estimate of drug-likeness (QED) is 0.483. The van der Waals surface area contributed by atoms with E-state index in [2.05, 4.69) is 0 Å². The number of alkyl halides is 3. The van der Waals surface area contributed by atoms with Gasteiger partial charge in [0.25, 0.3) is 0 Å². The second kappa shape index (κ2) is 4.27. The van der Waals surface area contributed by atoms with E-state index in [1.807, 2.05) is 15.9 Å². The Morgan fingerprint density at radius 2 is 2.14 bits per heavy atom.